The molecule has 136 valence electrons. The number of aromatic nitrogens is 5. The van der Waals surface area contributed by atoms with Gasteiger partial charge in [-0.3, -0.25) is 9.48 Å². The zero-order chi connectivity index (χ0) is 18.1. The van der Waals surface area contributed by atoms with Crippen LogP contribution in [0.15, 0.2) is 24.8 Å². The Labute approximate surface area is 152 Å². The fraction of sp³-hybridized carbons (Fsp3) is 0.474. The predicted molar refractivity (Wildman–Crippen MR) is 101 cm³/mol. The van der Waals surface area contributed by atoms with Gasteiger partial charge in [0, 0.05) is 24.7 Å². The van der Waals surface area contributed by atoms with Crippen molar-refractivity contribution in [1.29, 1.82) is 0 Å². The Bertz CT molecular complexity index is 921. The van der Waals surface area contributed by atoms with Gasteiger partial charge in [0.05, 0.1) is 17.3 Å². The Balaban J connectivity index is 1.81. The second-order valence-corrected chi connectivity index (χ2v) is 7.03. The third-order valence-electron chi connectivity index (χ3n) is 5.34. The number of hydrogen-bond acceptors (Lipinski definition) is 4. The number of carbonyl (C=O) groups excluding carboxylic acids is 1. The number of nitrogens with one attached hydrogen (secondary N) is 2. The Morgan fingerprint density at radius 1 is 1.38 bits per heavy atom. The maximum atomic E-state index is 11.7. The molecule has 1 fully saturated rings. The van der Waals surface area contributed by atoms with Crippen LogP contribution in [0.3, 0.4) is 0 Å². The molecule has 1 amide bonds. The molecule has 1 aliphatic carbocycles. The first-order valence-corrected chi connectivity index (χ1v) is 9.32. The lowest BCUT2D eigenvalue weighted by Crippen LogP contribution is -2.17. The Morgan fingerprint density at radius 2 is 2.19 bits per heavy atom. The average Bonchev–Trinajstić information content (AvgIpc) is 3.35. The lowest BCUT2D eigenvalue weighted by Gasteiger charge is -2.22. The van der Waals surface area contributed by atoms with Crippen molar-refractivity contribution < 1.29 is 4.79 Å². The molecule has 7 nitrogen and oxygen atoms in total. The molecule has 1 saturated carbocycles. The third-order valence-corrected chi connectivity index (χ3v) is 5.34. The van der Waals surface area contributed by atoms with E-state index in [1.807, 2.05) is 23.1 Å². The van der Waals surface area contributed by atoms with Gasteiger partial charge in [-0.15, -0.1) is 0 Å². The minimum Gasteiger partial charge on any atom is -0.346 e. The van der Waals surface area contributed by atoms with Gasteiger partial charge in [0.25, 0.3) is 0 Å². The van der Waals surface area contributed by atoms with Gasteiger partial charge in [0.2, 0.25) is 5.91 Å². The summed E-state index contributed by atoms with van der Waals surface area (Å²) < 4.78 is 2.04. The predicted octanol–water partition coefficient (Wildman–Crippen LogP) is 3.92. The molecule has 4 rings (SSSR count). The maximum Gasteiger partial charge on any atom is 0.222 e. The van der Waals surface area contributed by atoms with Crippen LogP contribution in [0.1, 0.15) is 52.0 Å². The Morgan fingerprint density at radius 3 is 2.92 bits per heavy atom. The summed E-state index contributed by atoms with van der Waals surface area (Å²) in [7, 11) is 0. The summed E-state index contributed by atoms with van der Waals surface area (Å²) in [5.41, 5.74) is 2.40. The van der Waals surface area contributed by atoms with Crippen molar-refractivity contribution in [3.63, 3.8) is 0 Å². The third kappa shape index (κ3) is 2.98. The molecule has 3 heterocycles. The fourth-order valence-electron chi connectivity index (χ4n) is 4.16. The van der Waals surface area contributed by atoms with Gasteiger partial charge in [-0.2, -0.15) is 5.10 Å². The highest BCUT2D eigenvalue weighted by atomic mass is 16.1. The van der Waals surface area contributed by atoms with Crippen molar-refractivity contribution in [3.8, 4) is 11.3 Å². The summed E-state index contributed by atoms with van der Waals surface area (Å²) >= 11 is 0. The van der Waals surface area contributed by atoms with E-state index in [4.69, 9.17) is 5.10 Å². The fourth-order valence-corrected chi connectivity index (χ4v) is 4.16. The summed E-state index contributed by atoms with van der Waals surface area (Å²) in [4.78, 5) is 23.6. The number of amides is 1. The summed E-state index contributed by atoms with van der Waals surface area (Å²) in [6, 6.07) is 2.30. The molecule has 2 N–H and O–H groups in total. The van der Waals surface area contributed by atoms with Crippen LogP contribution in [0.5, 0.6) is 0 Å². The SMILES string of the molecule is CCC(C1CCCC1)n1cc(-c2ncnc3[nH]ccc23)c(NC(C)=O)n1. The van der Waals surface area contributed by atoms with Gasteiger partial charge < -0.3 is 10.3 Å². The van der Waals surface area contributed by atoms with Crippen molar-refractivity contribution in [1.82, 2.24) is 24.7 Å². The highest BCUT2D eigenvalue weighted by molar-refractivity contribution is 5.97. The van der Waals surface area contributed by atoms with Gasteiger partial charge in [-0.25, -0.2) is 9.97 Å². The maximum absolute atomic E-state index is 11.7. The molecule has 0 aliphatic heterocycles. The number of hydrogen-bond donors (Lipinski definition) is 2. The molecule has 3 aromatic heterocycles. The second kappa shape index (κ2) is 6.90. The summed E-state index contributed by atoms with van der Waals surface area (Å²) in [6.07, 6.45) is 11.5. The van der Waals surface area contributed by atoms with E-state index in [0.717, 1.165) is 28.7 Å². The van der Waals surface area contributed by atoms with Crippen LogP contribution in [-0.2, 0) is 4.79 Å². The number of anilines is 1. The van der Waals surface area contributed by atoms with E-state index in [0.29, 0.717) is 17.8 Å². The first-order chi connectivity index (χ1) is 12.7. The molecule has 0 radical (unpaired) electrons. The lowest BCUT2D eigenvalue weighted by atomic mass is 9.96. The van der Waals surface area contributed by atoms with Crippen molar-refractivity contribution >= 4 is 22.8 Å². The monoisotopic (exact) mass is 352 g/mol. The average molecular weight is 352 g/mol. The molecule has 0 aromatic carbocycles. The molecule has 1 aliphatic rings. The molecule has 3 aromatic rings. The van der Waals surface area contributed by atoms with Crippen LogP contribution in [0, 0.1) is 5.92 Å². The Kier molecular flexibility index (Phi) is 4.44. The lowest BCUT2D eigenvalue weighted by molar-refractivity contribution is -0.114. The van der Waals surface area contributed by atoms with Gasteiger partial charge in [0.15, 0.2) is 5.82 Å². The molecule has 0 saturated heterocycles. The topological polar surface area (TPSA) is 88.5 Å². The first-order valence-electron chi connectivity index (χ1n) is 9.32. The van der Waals surface area contributed by atoms with Crippen molar-refractivity contribution in [2.45, 2.75) is 52.0 Å². The first kappa shape index (κ1) is 16.8. The van der Waals surface area contributed by atoms with Gasteiger partial charge in [-0.1, -0.05) is 19.8 Å². The van der Waals surface area contributed by atoms with Crippen LogP contribution in [-0.4, -0.2) is 30.6 Å². The van der Waals surface area contributed by atoms with E-state index in [1.54, 1.807) is 0 Å². The Hall–Kier alpha value is -2.70. The van der Waals surface area contributed by atoms with Crippen molar-refractivity contribution in [2.24, 2.45) is 5.92 Å². The number of carbonyl (C=O) groups is 1. The number of nitrogens with zero attached hydrogens (tertiary/aromatic N) is 4. The second-order valence-electron chi connectivity index (χ2n) is 7.03. The number of fused-ring (bicyclic) bond motifs is 1. The summed E-state index contributed by atoms with van der Waals surface area (Å²) in [6.45, 7) is 3.71. The van der Waals surface area contributed by atoms with Gasteiger partial charge >= 0.3 is 0 Å². The minimum atomic E-state index is -0.134. The van der Waals surface area contributed by atoms with Gasteiger partial charge in [0.1, 0.15) is 12.0 Å². The zero-order valence-corrected chi connectivity index (χ0v) is 15.2. The largest absolute Gasteiger partial charge is 0.346 e. The van der Waals surface area contributed by atoms with Crippen LogP contribution in [0.25, 0.3) is 22.3 Å². The highest BCUT2D eigenvalue weighted by Crippen LogP contribution is 2.38. The number of rotatable bonds is 5. The number of aromatic amines is 1. The van der Waals surface area contributed by atoms with Crippen LogP contribution in [0.4, 0.5) is 5.82 Å². The van der Waals surface area contributed by atoms with E-state index in [9.17, 15) is 4.79 Å². The van der Waals surface area contributed by atoms with E-state index in [-0.39, 0.29) is 5.91 Å². The zero-order valence-electron chi connectivity index (χ0n) is 15.2. The molecular weight excluding hydrogens is 328 g/mol. The molecule has 7 heteroatoms. The molecule has 26 heavy (non-hydrogen) atoms. The quantitative estimate of drug-likeness (QED) is 0.728. The van der Waals surface area contributed by atoms with Crippen LogP contribution < -0.4 is 5.32 Å². The van der Waals surface area contributed by atoms with Gasteiger partial charge in [-0.05, 0) is 31.2 Å². The van der Waals surface area contributed by atoms with Crippen molar-refractivity contribution in [3.05, 3.63) is 24.8 Å². The standard InChI is InChI=1S/C19H24N6O/c1-3-16(13-6-4-5-7-13)25-10-15(19(24-25)23-12(2)26)17-14-8-9-20-18(14)22-11-21-17/h8-11,13,16H,3-7H2,1-2H3,(H,20,21,22)(H,23,24,26). The summed E-state index contributed by atoms with van der Waals surface area (Å²) in [5, 5.41) is 8.55. The van der Waals surface area contributed by atoms with Crippen molar-refractivity contribution in [2.75, 3.05) is 5.32 Å². The van der Waals surface area contributed by atoms with E-state index in [1.165, 1.54) is 38.9 Å². The molecule has 1 atom stereocenters. The highest BCUT2D eigenvalue weighted by Gasteiger charge is 2.27. The van der Waals surface area contributed by atoms with Crippen LogP contribution in [0.2, 0.25) is 0 Å². The van der Waals surface area contributed by atoms with E-state index >= 15 is 0 Å². The van der Waals surface area contributed by atoms with Crippen LogP contribution >= 0.6 is 0 Å². The minimum absolute atomic E-state index is 0.134. The normalized spacial score (nSPS) is 16.2. The molecule has 1 unspecified atom stereocenters. The number of H-pyrrole nitrogens is 1. The molecule has 0 spiro atoms. The smallest absolute Gasteiger partial charge is 0.222 e. The summed E-state index contributed by atoms with van der Waals surface area (Å²) in [5.74, 6) is 1.08. The molecular formula is C19H24N6O. The van der Waals surface area contributed by atoms with E-state index in [2.05, 4.69) is 27.2 Å². The molecule has 0 bridgehead atoms. The van der Waals surface area contributed by atoms with E-state index < -0.39 is 0 Å².